The van der Waals surface area contributed by atoms with Gasteiger partial charge in [0.2, 0.25) is 5.65 Å². The van der Waals surface area contributed by atoms with E-state index in [2.05, 4.69) is 20.5 Å². The Kier molecular flexibility index (Phi) is 2.75. The molecule has 1 N–H and O–H groups in total. The van der Waals surface area contributed by atoms with Gasteiger partial charge in [-0.05, 0) is 12.1 Å². The Morgan fingerprint density at radius 3 is 3.00 bits per heavy atom. The maximum absolute atomic E-state index is 13.6. The zero-order chi connectivity index (χ0) is 13.4. The van der Waals surface area contributed by atoms with E-state index in [4.69, 9.17) is 11.6 Å². The molecule has 8 heteroatoms. The van der Waals surface area contributed by atoms with Crippen LogP contribution in [0.15, 0.2) is 29.2 Å². The molecule has 0 atom stereocenters. The number of hydrogen-bond acceptors (Lipinski definition) is 4. The van der Waals surface area contributed by atoms with Crippen LogP contribution in [0, 0.1) is 5.82 Å². The van der Waals surface area contributed by atoms with E-state index in [-0.39, 0.29) is 12.2 Å². The van der Waals surface area contributed by atoms with Gasteiger partial charge in [0.25, 0.3) is 5.56 Å². The minimum atomic E-state index is -0.424. The van der Waals surface area contributed by atoms with Gasteiger partial charge in [0.05, 0.1) is 6.54 Å². The molecule has 0 saturated heterocycles. The number of rotatable bonds is 2. The highest BCUT2D eigenvalue weighted by Crippen LogP contribution is 2.20. The summed E-state index contributed by atoms with van der Waals surface area (Å²) in [6, 6.07) is 4.43. The van der Waals surface area contributed by atoms with E-state index >= 15 is 0 Å². The Labute approximate surface area is 110 Å². The van der Waals surface area contributed by atoms with Crippen LogP contribution in [0.4, 0.5) is 4.39 Å². The minimum absolute atomic E-state index is 0.112. The van der Waals surface area contributed by atoms with Crippen molar-refractivity contribution < 1.29 is 4.39 Å². The third kappa shape index (κ3) is 2.08. The topological polar surface area (TPSA) is 76.5 Å². The lowest BCUT2D eigenvalue weighted by Gasteiger charge is -2.05. The molecule has 2 heterocycles. The van der Waals surface area contributed by atoms with Crippen molar-refractivity contribution in [3.05, 3.63) is 51.2 Å². The fourth-order valence-corrected chi connectivity index (χ4v) is 1.97. The number of aromatic nitrogens is 5. The first-order valence-electron chi connectivity index (χ1n) is 5.36. The monoisotopic (exact) mass is 279 g/mol. The van der Waals surface area contributed by atoms with Gasteiger partial charge in [0, 0.05) is 16.8 Å². The Balaban J connectivity index is 2.07. The fraction of sp³-hybridized carbons (Fsp3) is 0.0909. The molecular formula is C11H7ClFN5O. The number of nitrogens with zero attached hydrogens (tertiary/aromatic N) is 4. The minimum Gasteiger partial charge on any atom is -0.267 e. The number of nitrogens with one attached hydrogen (secondary N) is 1. The van der Waals surface area contributed by atoms with E-state index in [9.17, 15) is 9.18 Å². The summed E-state index contributed by atoms with van der Waals surface area (Å²) >= 11 is 5.93. The smallest absolute Gasteiger partial charge is 0.267 e. The molecular weight excluding hydrogens is 273 g/mol. The molecule has 0 amide bonds. The molecule has 0 aliphatic carbocycles. The summed E-state index contributed by atoms with van der Waals surface area (Å²) in [6.45, 7) is 0.112. The van der Waals surface area contributed by atoms with E-state index in [0.717, 1.165) is 0 Å². The van der Waals surface area contributed by atoms with Crippen molar-refractivity contribution >= 4 is 22.6 Å². The van der Waals surface area contributed by atoms with Crippen LogP contribution < -0.4 is 5.56 Å². The number of halogens is 2. The van der Waals surface area contributed by atoms with E-state index < -0.39 is 11.4 Å². The molecule has 96 valence electrons. The average molecular weight is 280 g/mol. The van der Waals surface area contributed by atoms with Gasteiger partial charge in [-0.15, -0.1) is 10.2 Å². The highest BCUT2D eigenvalue weighted by atomic mass is 35.5. The van der Waals surface area contributed by atoms with Gasteiger partial charge in [0.15, 0.2) is 0 Å². The van der Waals surface area contributed by atoms with Crippen LogP contribution >= 0.6 is 11.6 Å². The maximum Gasteiger partial charge on any atom is 0.278 e. The highest BCUT2D eigenvalue weighted by Gasteiger charge is 2.11. The first kappa shape index (κ1) is 11.8. The number of aromatic amines is 1. The summed E-state index contributed by atoms with van der Waals surface area (Å²) in [5.74, 6) is -0.424. The summed E-state index contributed by atoms with van der Waals surface area (Å²) in [5, 5.41) is 13.9. The van der Waals surface area contributed by atoms with E-state index in [1.165, 1.54) is 23.0 Å². The number of hydrogen-bond donors (Lipinski definition) is 1. The molecule has 3 aromatic rings. The molecule has 0 spiro atoms. The Hall–Kier alpha value is -2.28. The van der Waals surface area contributed by atoms with E-state index in [1.807, 2.05) is 0 Å². The van der Waals surface area contributed by atoms with Crippen LogP contribution in [-0.2, 0) is 6.54 Å². The molecule has 0 saturated carbocycles. The average Bonchev–Trinajstić information content (AvgIpc) is 2.78. The summed E-state index contributed by atoms with van der Waals surface area (Å²) in [7, 11) is 0. The van der Waals surface area contributed by atoms with E-state index in [0.29, 0.717) is 16.0 Å². The second-order valence-electron chi connectivity index (χ2n) is 3.91. The number of fused-ring (bicyclic) bond motifs is 1. The van der Waals surface area contributed by atoms with Crippen LogP contribution in [-0.4, -0.2) is 25.2 Å². The molecule has 0 bridgehead atoms. The van der Waals surface area contributed by atoms with Crippen molar-refractivity contribution in [2.24, 2.45) is 0 Å². The summed E-state index contributed by atoms with van der Waals surface area (Å²) in [5.41, 5.74) is 0.119. The molecule has 1 aromatic carbocycles. The zero-order valence-electron chi connectivity index (χ0n) is 9.47. The molecule has 0 fully saturated rings. The predicted molar refractivity (Wildman–Crippen MR) is 66.5 cm³/mol. The lowest BCUT2D eigenvalue weighted by Crippen LogP contribution is -2.08. The van der Waals surface area contributed by atoms with Crippen molar-refractivity contribution in [3.8, 4) is 0 Å². The predicted octanol–water partition coefficient (Wildman–Crippen LogP) is 1.36. The van der Waals surface area contributed by atoms with Crippen LogP contribution in [0.1, 0.15) is 5.56 Å². The van der Waals surface area contributed by atoms with Crippen LogP contribution in [0.25, 0.3) is 11.0 Å². The van der Waals surface area contributed by atoms with Gasteiger partial charge in [-0.3, -0.25) is 9.48 Å². The standard InChI is InChI=1S/C11H7ClFN5O/c12-8-2-1-3-9(13)6(8)4-18-5-7-10(16-18)14-17-15-11(7)19/h1-3,5H,4H2,(H,14,15,16,19). The molecule has 0 unspecified atom stereocenters. The number of H-pyrrole nitrogens is 1. The Morgan fingerprint density at radius 1 is 1.42 bits per heavy atom. The van der Waals surface area contributed by atoms with Gasteiger partial charge in [-0.1, -0.05) is 22.9 Å². The van der Waals surface area contributed by atoms with Gasteiger partial charge in [0.1, 0.15) is 11.2 Å². The summed E-state index contributed by atoms with van der Waals surface area (Å²) in [4.78, 5) is 11.5. The quantitative estimate of drug-likeness (QED) is 0.768. The van der Waals surface area contributed by atoms with Crippen molar-refractivity contribution in [2.75, 3.05) is 0 Å². The molecule has 6 nitrogen and oxygen atoms in total. The Morgan fingerprint density at radius 2 is 2.26 bits per heavy atom. The van der Waals surface area contributed by atoms with Crippen molar-refractivity contribution in [1.82, 2.24) is 25.2 Å². The van der Waals surface area contributed by atoms with Gasteiger partial charge < -0.3 is 0 Å². The van der Waals surface area contributed by atoms with Gasteiger partial charge >= 0.3 is 0 Å². The maximum atomic E-state index is 13.6. The van der Waals surface area contributed by atoms with Crippen LogP contribution in [0.3, 0.4) is 0 Å². The van der Waals surface area contributed by atoms with Crippen molar-refractivity contribution in [2.45, 2.75) is 6.54 Å². The fourth-order valence-electron chi connectivity index (χ4n) is 1.75. The lowest BCUT2D eigenvalue weighted by molar-refractivity contribution is 0.586. The zero-order valence-corrected chi connectivity index (χ0v) is 10.2. The summed E-state index contributed by atoms with van der Waals surface area (Å²) < 4.78 is 15.1. The second-order valence-corrected chi connectivity index (χ2v) is 4.31. The first-order chi connectivity index (χ1) is 9.15. The molecule has 0 radical (unpaired) electrons. The molecule has 0 aliphatic heterocycles. The molecule has 19 heavy (non-hydrogen) atoms. The van der Waals surface area contributed by atoms with Crippen LogP contribution in [0.2, 0.25) is 5.02 Å². The van der Waals surface area contributed by atoms with Gasteiger partial charge in [-0.25, -0.2) is 9.49 Å². The molecule has 3 rings (SSSR count). The second kappa shape index (κ2) is 4.43. The lowest BCUT2D eigenvalue weighted by atomic mass is 10.2. The highest BCUT2D eigenvalue weighted by molar-refractivity contribution is 6.31. The SMILES string of the molecule is O=c1[nH]nnc2nn(Cc3c(F)cccc3Cl)cc12. The Bertz CT molecular complexity index is 792. The number of benzene rings is 1. The van der Waals surface area contributed by atoms with Crippen molar-refractivity contribution in [1.29, 1.82) is 0 Å². The first-order valence-corrected chi connectivity index (χ1v) is 5.74. The normalized spacial score (nSPS) is 11.1. The van der Waals surface area contributed by atoms with Crippen LogP contribution in [0.5, 0.6) is 0 Å². The van der Waals surface area contributed by atoms with Crippen molar-refractivity contribution in [3.63, 3.8) is 0 Å². The molecule has 2 aromatic heterocycles. The third-order valence-electron chi connectivity index (χ3n) is 2.66. The summed E-state index contributed by atoms with van der Waals surface area (Å²) in [6.07, 6.45) is 1.48. The largest absolute Gasteiger partial charge is 0.278 e. The van der Waals surface area contributed by atoms with Gasteiger partial charge in [-0.2, -0.15) is 0 Å². The van der Waals surface area contributed by atoms with E-state index in [1.54, 1.807) is 6.07 Å². The third-order valence-corrected chi connectivity index (χ3v) is 3.02. The molecule has 0 aliphatic rings.